The van der Waals surface area contributed by atoms with Crippen LogP contribution in [0.3, 0.4) is 0 Å². The fourth-order valence-corrected chi connectivity index (χ4v) is 2.54. The van der Waals surface area contributed by atoms with Gasteiger partial charge in [0.05, 0.1) is 11.4 Å². The van der Waals surface area contributed by atoms with E-state index in [1.54, 1.807) is 12.1 Å². The lowest BCUT2D eigenvalue weighted by Gasteiger charge is -2.14. The normalized spacial score (nSPS) is 15.0. The number of nitriles is 1. The van der Waals surface area contributed by atoms with Crippen LogP contribution >= 0.6 is 0 Å². The number of nitrogens with zero attached hydrogens (tertiary/aromatic N) is 2. The van der Waals surface area contributed by atoms with Gasteiger partial charge in [0, 0.05) is 5.92 Å². The Kier molecular flexibility index (Phi) is 5.31. The summed E-state index contributed by atoms with van der Waals surface area (Å²) in [7, 11) is 0. The molecular formula is C16H20N6O. The summed E-state index contributed by atoms with van der Waals surface area (Å²) in [6, 6.07) is 7.23. The first-order chi connectivity index (χ1) is 11.0. The molecule has 0 aliphatic heterocycles. The topological polar surface area (TPSA) is 127 Å². The van der Waals surface area contributed by atoms with Gasteiger partial charge in [-0.15, -0.1) is 0 Å². The molecule has 0 saturated heterocycles. The van der Waals surface area contributed by atoms with Crippen molar-refractivity contribution in [1.29, 1.82) is 10.7 Å². The number of hydrogen-bond donors (Lipinski definition) is 4. The van der Waals surface area contributed by atoms with Crippen molar-refractivity contribution < 1.29 is 4.79 Å². The number of amidine groups is 1. The molecule has 5 N–H and O–H groups in total. The van der Waals surface area contributed by atoms with Gasteiger partial charge < -0.3 is 11.1 Å². The number of aryl methyl sites for hydroxylation is 1. The average Bonchev–Trinajstić information content (AvgIpc) is 3.04. The first-order valence-corrected chi connectivity index (χ1v) is 7.51. The molecule has 1 amide bonds. The van der Waals surface area contributed by atoms with Crippen molar-refractivity contribution in [3.63, 3.8) is 0 Å². The fraction of sp³-hybridized carbons (Fsp3) is 0.375. The quantitative estimate of drug-likeness (QED) is 0.378. The molecule has 7 nitrogen and oxygen atoms in total. The number of amides is 1. The summed E-state index contributed by atoms with van der Waals surface area (Å²) in [4.78, 5) is 12.3. The number of rotatable bonds is 5. The van der Waals surface area contributed by atoms with E-state index in [1.807, 2.05) is 19.1 Å². The van der Waals surface area contributed by atoms with Crippen molar-refractivity contribution in [3.8, 4) is 6.07 Å². The fourth-order valence-electron chi connectivity index (χ4n) is 2.54. The molecule has 0 radical (unpaired) electrons. The summed E-state index contributed by atoms with van der Waals surface area (Å²) in [5.74, 6) is -0.353. The molecule has 0 heterocycles. The average molecular weight is 312 g/mol. The molecule has 2 rings (SSSR count). The number of anilines is 2. The zero-order valence-corrected chi connectivity index (χ0v) is 13.0. The molecule has 1 aliphatic rings. The van der Waals surface area contributed by atoms with Crippen molar-refractivity contribution in [2.45, 2.75) is 32.6 Å². The molecule has 0 atom stereocenters. The maximum absolute atomic E-state index is 12.3. The maximum Gasteiger partial charge on any atom is 0.227 e. The van der Waals surface area contributed by atoms with Crippen LogP contribution in [0.1, 0.15) is 31.2 Å². The Morgan fingerprint density at radius 3 is 2.70 bits per heavy atom. The predicted molar refractivity (Wildman–Crippen MR) is 90.4 cm³/mol. The van der Waals surface area contributed by atoms with E-state index >= 15 is 0 Å². The van der Waals surface area contributed by atoms with Crippen molar-refractivity contribution >= 4 is 28.8 Å². The van der Waals surface area contributed by atoms with Gasteiger partial charge in [-0.25, -0.2) is 0 Å². The van der Waals surface area contributed by atoms with Gasteiger partial charge in [-0.05, 0) is 37.5 Å². The highest BCUT2D eigenvalue weighted by atomic mass is 16.1. The lowest BCUT2D eigenvalue weighted by Crippen LogP contribution is -2.22. The van der Waals surface area contributed by atoms with Crippen molar-refractivity contribution in [2.24, 2.45) is 16.8 Å². The second-order valence-corrected chi connectivity index (χ2v) is 5.62. The SMILES string of the molecule is Cc1ccc(NC(=O)C2CCCC2)c(N/N=C(\C#N)C(=N)N)c1. The summed E-state index contributed by atoms with van der Waals surface area (Å²) in [5, 5.41) is 22.9. The third kappa shape index (κ3) is 4.30. The summed E-state index contributed by atoms with van der Waals surface area (Å²) in [5.41, 5.74) is 9.90. The summed E-state index contributed by atoms with van der Waals surface area (Å²) in [6.07, 6.45) is 4.01. The number of benzene rings is 1. The molecule has 7 heteroatoms. The highest BCUT2D eigenvalue weighted by Crippen LogP contribution is 2.28. The molecule has 0 spiro atoms. The first kappa shape index (κ1) is 16.5. The zero-order chi connectivity index (χ0) is 16.8. The predicted octanol–water partition coefficient (Wildman–Crippen LogP) is 2.35. The van der Waals surface area contributed by atoms with Crippen molar-refractivity contribution in [3.05, 3.63) is 23.8 Å². The van der Waals surface area contributed by atoms with Crippen LogP contribution in [-0.4, -0.2) is 17.5 Å². The molecule has 0 bridgehead atoms. The number of carbonyl (C=O) groups is 1. The van der Waals surface area contributed by atoms with Crippen LogP contribution in [0.5, 0.6) is 0 Å². The van der Waals surface area contributed by atoms with E-state index in [9.17, 15) is 4.79 Å². The molecule has 1 aliphatic carbocycles. The molecule has 120 valence electrons. The minimum atomic E-state index is -0.413. The minimum Gasteiger partial charge on any atom is -0.382 e. The van der Waals surface area contributed by atoms with E-state index in [4.69, 9.17) is 16.4 Å². The van der Waals surface area contributed by atoms with Gasteiger partial charge in [0.2, 0.25) is 11.6 Å². The lowest BCUT2D eigenvalue weighted by atomic mass is 10.1. The van der Waals surface area contributed by atoms with Crippen LogP contribution < -0.4 is 16.5 Å². The molecule has 0 aromatic heterocycles. The molecule has 1 aromatic rings. The standard InChI is InChI=1S/C16H20N6O/c1-10-6-7-12(20-16(23)11-4-2-3-5-11)13(8-10)21-22-14(9-17)15(18)19/h6-8,11,21H,2-5H2,1H3,(H3,18,19)(H,20,23)/b22-14+. The van der Waals surface area contributed by atoms with Crippen LogP contribution in [0.15, 0.2) is 23.3 Å². The summed E-state index contributed by atoms with van der Waals surface area (Å²) in [6.45, 7) is 1.91. The Morgan fingerprint density at radius 1 is 1.39 bits per heavy atom. The van der Waals surface area contributed by atoms with E-state index < -0.39 is 5.84 Å². The van der Waals surface area contributed by atoms with Crippen LogP contribution in [0.25, 0.3) is 0 Å². The highest BCUT2D eigenvalue weighted by molar-refractivity contribution is 6.45. The van der Waals surface area contributed by atoms with E-state index in [2.05, 4.69) is 15.8 Å². The number of nitrogens with one attached hydrogen (secondary N) is 3. The molecule has 1 aromatic carbocycles. The smallest absolute Gasteiger partial charge is 0.227 e. The third-order valence-corrected chi connectivity index (χ3v) is 3.81. The van der Waals surface area contributed by atoms with Gasteiger partial charge in [-0.3, -0.25) is 15.6 Å². The van der Waals surface area contributed by atoms with E-state index in [-0.39, 0.29) is 17.5 Å². The van der Waals surface area contributed by atoms with Crippen LogP contribution in [0.4, 0.5) is 11.4 Å². The Bertz CT molecular complexity index is 682. The van der Waals surface area contributed by atoms with Gasteiger partial charge >= 0.3 is 0 Å². The second kappa shape index (κ2) is 7.40. The van der Waals surface area contributed by atoms with Gasteiger partial charge in [0.1, 0.15) is 6.07 Å². The Morgan fingerprint density at radius 2 is 2.09 bits per heavy atom. The van der Waals surface area contributed by atoms with Gasteiger partial charge in [0.25, 0.3) is 0 Å². The molecule has 23 heavy (non-hydrogen) atoms. The van der Waals surface area contributed by atoms with Crippen LogP contribution in [-0.2, 0) is 4.79 Å². The summed E-state index contributed by atoms with van der Waals surface area (Å²) < 4.78 is 0. The van der Waals surface area contributed by atoms with E-state index in [0.29, 0.717) is 11.4 Å². The Hall–Kier alpha value is -2.88. The lowest BCUT2D eigenvalue weighted by molar-refractivity contribution is -0.119. The monoisotopic (exact) mass is 312 g/mol. The molecule has 1 saturated carbocycles. The highest BCUT2D eigenvalue weighted by Gasteiger charge is 2.23. The Labute approximate surface area is 135 Å². The molecule has 1 fully saturated rings. The van der Waals surface area contributed by atoms with Gasteiger partial charge in [-0.1, -0.05) is 18.9 Å². The van der Waals surface area contributed by atoms with Gasteiger partial charge in [-0.2, -0.15) is 10.4 Å². The minimum absolute atomic E-state index is 0.00505. The second-order valence-electron chi connectivity index (χ2n) is 5.62. The number of carbonyl (C=O) groups excluding carboxylic acids is 1. The largest absolute Gasteiger partial charge is 0.382 e. The number of hydrogen-bond acceptors (Lipinski definition) is 5. The van der Waals surface area contributed by atoms with Crippen molar-refractivity contribution in [1.82, 2.24) is 0 Å². The molecular weight excluding hydrogens is 292 g/mol. The number of hydrazone groups is 1. The van der Waals surface area contributed by atoms with Crippen LogP contribution in [0.2, 0.25) is 0 Å². The van der Waals surface area contributed by atoms with Crippen LogP contribution in [0, 0.1) is 29.6 Å². The summed E-state index contributed by atoms with van der Waals surface area (Å²) >= 11 is 0. The van der Waals surface area contributed by atoms with Crippen molar-refractivity contribution in [2.75, 3.05) is 10.7 Å². The molecule has 0 unspecified atom stereocenters. The third-order valence-electron chi connectivity index (χ3n) is 3.81. The zero-order valence-electron chi connectivity index (χ0n) is 13.0. The first-order valence-electron chi connectivity index (χ1n) is 7.51. The van der Waals surface area contributed by atoms with E-state index in [0.717, 1.165) is 31.2 Å². The maximum atomic E-state index is 12.3. The van der Waals surface area contributed by atoms with E-state index in [1.165, 1.54) is 0 Å². The van der Waals surface area contributed by atoms with Gasteiger partial charge in [0.15, 0.2) is 5.84 Å². The number of nitrogens with two attached hydrogens (primary N) is 1. The Balaban J connectivity index is 2.18.